The van der Waals surface area contributed by atoms with Crippen LogP contribution >= 0.6 is 11.6 Å². The quantitative estimate of drug-likeness (QED) is 0.618. The fraction of sp³-hybridized carbons (Fsp3) is 0.571. The Morgan fingerprint density at radius 2 is 2.20 bits per heavy atom. The Balaban J connectivity index is 0.000000371. The van der Waals surface area contributed by atoms with Crippen LogP contribution in [0.5, 0.6) is 0 Å². The average molecular weight is 161 g/mol. The van der Waals surface area contributed by atoms with Crippen LogP contribution in [0.25, 0.3) is 0 Å². The summed E-state index contributed by atoms with van der Waals surface area (Å²) in [5, 5.41) is 4.62. The first kappa shape index (κ1) is 9.50. The zero-order valence-electron chi connectivity index (χ0n) is 6.63. The van der Waals surface area contributed by atoms with Gasteiger partial charge in [0.15, 0.2) is 0 Å². The van der Waals surface area contributed by atoms with Gasteiger partial charge in [0.2, 0.25) is 0 Å². The summed E-state index contributed by atoms with van der Waals surface area (Å²) >= 11 is 5.56. The van der Waals surface area contributed by atoms with Gasteiger partial charge in [-0.25, -0.2) is 0 Å². The van der Waals surface area contributed by atoms with Crippen LogP contribution in [-0.2, 0) is 6.54 Å². The Hall–Kier alpha value is -0.500. The average Bonchev–Trinajstić information content (AvgIpc) is 2.40. The summed E-state index contributed by atoms with van der Waals surface area (Å²) in [6.45, 7) is 6.90. The van der Waals surface area contributed by atoms with Crippen molar-refractivity contribution in [3.63, 3.8) is 0 Å². The normalized spacial score (nSPS) is 8.40. The number of rotatable bonds is 1. The topological polar surface area (TPSA) is 17.8 Å². The van der Waals surface area contributed by atoms with E-state index in [-0.39, 0.29) is 0 Å². The van der Waals surface area contributed by atoms with Gasteiger partial charge in [0.1, 0.15) is 0 Å². The third-order valence-corrected chi connectivity index (χ3v) is 1.12. The van der Waals surface area contributed by atoms with Gasteiger partial charge in [-0.2, -0.15) is 5.10 Å². The first-order chi connectivity index (χ1) is 4.83. The molecule has 0 atom stereocenters. The third kappa shape index (κ3) is 2.87. The number of aromatic nitrogens is 2. The molecule has 2 nitrogen and oxygen atoms in total. The van der Waals surface area contributed by atoms with Gasteiger partial charge < -0.3 is 0 Å². The highest BCUT2D eigenvalue weighted by Gasteiger charge is 1.88. The standard InChI is InChI=1S/C5H7ClN2.C2H6/c1-2-8-4-5(6)3-7-8;1-2/h3-4H,2H2,1H3;1-2H3. The van der Waals surface area contributed by atoms with Crippen molar-refractivity contribution in [3.05, 3.63) is 17.4 Å². The molecular formula is C7H13ClN2. The van der Waals surface area contributed by atoms with Gasteiger partial charge in [-0.3, -0.25) is 4.68 Å². The summed E-state index contributed by atoms with van der Waals surface area (Å²) in [6.07, 6.45) is 3.42. The molecule has 0 aliphatic heterocycles. The molecule has 3 heteroatoms. The first-order valence-corrected chi connectivity index (χ1v) is 3.88. The van der Waals surface area contributed by atoms with Crippen LogP contribution in [0.15, 0.2) is 12.4 Å². The smallest absolute Gasteiger partial charge is 0.0785 e. The Morgan fingerprint density at radius 3 is 2.40 bits per heavy atom. The zero-order valence-corrected chi connectivity index (χ0v) is 7.39. The van der Waals surface area contributed by atoms with Crippen molar-refractivity contribution in [2.45, 2.75) is 27.3 Å². The highest BCUT2D eigenvalue weighted by atomic mass is 35.5. The minimum Gasteiger partial charge on any atom is -0.271 e. The minimum absolute atomic E-state index is 0.701. The Kier molecular flexibility index (Phi) is 5.03. The summed E-state index contributed by atoms with van der Waals surface area (Å²) in [5.74, 6) is 0. The molecular weight excluding hydrogens is 148 g/mol. The molecule has 0 aliphatic carbocycles. The maximum atomic E-state index is 5.56. The maximum Gasteiger partial charge on any atom is 0.0785 e. The SMILES string of the molecule is CC.CCn1cc(Cl)cn1. The van der Waals surface area contributed by atoms with E-state index in [0.29, 0.717) is 5.02 Å². The summed E-state index contributed by atoms with van der Waals surface area (Å²) in [7, 11) is 0. The van der Waals surface area contributed by atoms with Crippen molar-refractivity contribution in [1.82, 2.24) is 9.78 Å². The van der Waals surface area contributed by atoms with Crippen molar-refractivity contribution in [3.8, 4) is 0 Å². The highest BCUT2D eigenvalue weighted by molar-refractivity contribution is 6.30. The molecule has 0 saturated heterocycles. The van der Waals surface area contributed by atoms with E-state index < -0.39 is 0 Å². The lowest BCUT2D eigenvalue weighted by Crippen LogP contribution is -1.91. The molecule has 1 rings (SSSR count). The second-order valence-corrected chi connectivity index (χ2v) is 1.95. The van der Waals surface area contributed by atoms with Crippen LogP contribution < -0.4 is 0 Å². The number of hydrogen-bond acceptors (Lipinski definition) is 1. The Labute approximate surface area is 66.8 Å². The monoisotopic (exact) mass is 160 g/mol. The van der Waals surface area contributed by atoms with Crippen LogP contribution in [-0.4, -0.2) is 9.78 Å². The summed E-state index contributed by atoms with van der Waals surface area (Å²) < 4.78 is 1.78. The summed E-state index contributed by atoms with van der Waals surface area (Å²) in [4.78, 5) is 0. The van der Waals surface area contributed by atoms with E-state index in [1.165, 1.54) is 0 Å². The third-order valence-electron chi connectivity index (χ3n) is 0.926. The number of hydrogen-bond donors (Lipinski definition) is 0. The van der Waals surface area contributed by atoms with Gasteiger partial charge >= 0.3 is 0 Å². The lowest BCUT2D eigenvalue weighted by Gasteiger charge is -1.87. The molecule has 0 saturated carbocycles. The fourth-order valence-electron chi connectivity index (χ4n) is 0.511. The van der Waals surface area contributed by atoms with Gasteiger partial charge in [0.05, 0.1) is 11.2 Å². The highest BCUT2D eigenvalue weighted by Crippen LogP contribution is 2.03. The first-order valence-electron chi connectivity index (χ1n) is 3.51. The molecule has 0 spiro atoms. The van der Waals surface area contributed by atoms with Crippen molar-refractivity contribution < 1.29 is 0 Å². The van der Waals surface area contributed by atoms with E-state index in [1.54, 1.807) is 17.1 Å². The largest absolute Gasteiger partial charge is 0.271 e. The molecule has 1 aromatic rings. The predicted molar refractivity (Wildman–Crippen MR) is 44.3 cm³/mol. The maximum absolute atomic E-state index is 5.56. The minimum atomic E-state index is 0.701. The van der Waals surface area contributed by atoms with E-state index in [4.69, 9.17) is 11.6 Å². The lowest BCUT2D eigenvalue weighted by molar-refractivity contribution is 0.660. The summed E-state index contributed by atoms with van der Waals surface area (Å²) in [6, 6.07) is 0. The molecule has 0 N–H and O–H groups in total. The van der Waals surface area contributed by atoms with Crippen LogP contribution in [0.1, 0.15) is 20.8 Å². The van der Waals surface area contributed by atoms with E-state index in [2.05, 4.69) is 5.10 Å². The van der Waals surface area contributed by atoms with Gasteiger partial charge in [0.25, 0.3) is 0 Å². The molecule has 0 bridgehead atoms. The van der Waals surface area contributed by atoms with Gasteiger partial charge in [-0.1, -0.05) is 25.4 Å². The molecule has 0 radical (unpaired) electrons. The molecule has 0 fully saturated rings. The number of halogens is 1. The molecule has 0 aliphatic rings. The second-order valence-electron chi connectivity index (χ2n) is 1.51. The van der Waals surface area contributed by atoms with Gasteiger partial charge in [0, 0.05) is 12.7 Å². The van der Waals surface area contributed by atoms with E-state index in [0.717, 1.165) is 6.54 Å². The Morgan fingerprint density at radius 1 is 1.60 bits per heavy atom. The zero-order chi connectivity index (χ0) is 7.98. The molecule has 0 amide bonds. The predicted octanol–water partition coefficient (Wildman–Crippen LogP) is 2.58. The molecule has 0 unspecified atom stereocenters. The van der Waals surface area contributed by atoms with Crippen molar-refractivity contribution in [1.29, 1.82) is 0 Å². The Bertz CT molecular complexity index is 172. The molecule has 10 heavy (non-hydrogen) atoms. The number of nitrogens with zero attached hydrogens (tertiary/aromatic N) is 2. The van der Waals surface area contributed by atoms with E-state index >= 15 is 0 Å². The van der Waals surface area contributed by atoms with Crippen LogP contribution in [0.3, 0.4) is 0 Å². The van der Waals surface area contributed by atoms with Crippen LogP contribution in [0.2, 0.25) is 5.02 Å². The summed E-state index contributed by atoms with van der Waals surface area (Å²) in [5.41, 5.74) is 0. The van der Waals surface area contributed by atoms with Crippen molar-refractivity contribution >= 4 is 11.6 Å². The van der Waals surface area contributed by atoms with Crippen LogP contribution in [0.4, 0.5) is 0 Å². The second kappa shape index (κ2) is 5.30. The fourth-order valence-corrected chi connectivity index (χ4v) is 0.668. The van der Waals surface area contributed by atoms with Crippen molar-refractivity contribution in [2.24, 2.45) is 0 Å². The van der Waals surface area contributed by atoms with E-state index in [1.807, 2.05) is 20.8 Å². The van der Waals surface area contributed by atoms with Gasteiger partial charge in [-0.15, -0.1) is 0 Å². The van der Waals surface area contributed by atoms with Gasteiger partial charge in [-0.05, 0) is 6.92 Å². The molecule has 1 heterocycles. The lowest BCUT2D eigenvalue weighted by atomic mass is 10.7. The van der Waals surface area contributed by atoms with E-state index in [9.17, 15) is 0 Å². The molecule has 1 aromatic heterocycles. The molecule has 58 valence electrons. The van der Waals surface area contributed by atoms with Crippen molar-refractivity contribution in [2.75, 3.05) is 0 Å². The number of aryl methyl sites for hydroxylation is 1. The molecule has 0 aromatic carbocycles. The van der Waals surface area contributed by atoms with Crippen LogP contribution in [0, 0.1) is 0 Å².